The van der Waals surface area contributed by atoms with Crippen molar-refractivity contribution in [2.75, 3.05) is 13.7 Å². The monoisotopic (exact) mass is 145 g/mol. The number of carboxylic acid groups (broad SMARTS) is 1. The van der Waals surface area contributed by atoms with E-state index in [1.54, 1.807) is 7.05 Å². The minimum absolute atomic E-state index is 0.535. The van der Waals surface area contributed by atoms with Gasteiger partial charge in [0.2, 0.25) is 5.72 Å². The fourth-order valence-electron chi connectivity index (χ4n) is 1.11. The predicted molar refractivity (Wildman–Crippen MR) is 34.6 cm³/mol. The van der Waals surface area contributed by atoms with Crippen molar-refractivity contribution in [2.45, 2.75) is 18.6 Å². The number of aliphatic carboxylic acids is 1. The number of rotatable bonds is 2. The number of carbonyl (C=O) groups is 1. The highest BCUT2D eigenvalue weighted by Gasteiger charge is 2.41. The summed E-state index contributed by atoms with van der Waals surface area (Å²) >= 11 is 0. The molecule has 1 fully saturated rings. The van der Waals surface area contributed by atoms with Gasteiger partial charge in [-0.25, -0.2) is 4.79 Å². The van der Waals surface area contributed by atoms with Crippen LogP contribution in [0.4, 0.5) is 0 Å². The van der Waals surface area contributed by atoms with Crippen LogP contribution < -0.4 is 5.32 Å². The minimum Gasteiger partial charge on any atom is -0.478 e. The summed E-state index contributed by atoms with van der Waals surface area (Å²) in [6.45, 7) is 0.535. The maximum Gasteiger partial charge on any atom is 0.351 e. The molecule has 58 valence electrons. The summed E-state index contributed by atoms with van der Waals surface area (Å²) in [5.41, 5.74) is -1.10. The Balaban J connectivity index is 2.67. The van der Waals surface area contributed by atoms with Crippen molar-refractivity contribution in [3.05, 3.63) is 0 Å². The molecular formula is C6H11NO3. The standard InChI is InChI=1S/C6H11NO3/c1-7-6(5(8)9)3-2-4-10-6/h7H,2-4H2,1H3,(H,8,9). The van der Waals surface area contributed by atoms with Crippen LogP contribution >= 0.6 is 0 Å². The topological polar surface area (TPSA) is 58.6 Å². The second-order valence-corrected chi connectivity index (χ2v) is 2.33. The molecule has 1 aliphatic heterocycles. The molecular weight excluding hydrogens is 134 g/mol. The number of hydrogen-bond acceptors (Lipinski definition) is 3. The van der Waals surface area contributed by atoms with Crippen LogP contribution in [0.5, 0.6) is 0 Å². The summed E-state index contributed by atoms with van der Waals surface area (Å²) in [5.74, 6) is -0.924. The zero-order valence-electron chi connectivity index (χ0n) is 5.89. The lowest BCUT2D eigenvalue weighted by atomic mass is 10.1. The summed E-state index contributed by atoms with van der Waals surface area (Å²) in [6, 6.07) is 0. The minimum atomic E-state index is -1.10. The lowest BCUT2D eigenvalue weighted by Gasteiger charge is -2.21. The van der Waals surface area contributed by atoms with E-state index in [4.69, 9.17) is 9.84 Å². The first-order valence-corrected chi connectivity index (χ1v) is 3.27. The molecule has 1 aliphatic rings. The van der Waals surface area contributed by atoms with E-state index in [0.717, 1.165) is 6.42 Å². The highest BCUT2D eigenvalue weighted by molar-refractivity contribution is 5.77. The number of ether oxygens (including phenoxy) is 1. The van der Waals surface area contributed by atoms with Crippen LogP contribution in [0.15, 0.2) is 0 Å². The Kier molecular flexibility index (Phi) is 1.92. The smallest absolute Gasteiger partial charge is 0.351 e. The van der Waals surface area contributed by atoms with Gasteiger partial charge in [-0.3, -0.25) is 5.32 Å². The van der Waals surface area contributed by atoms with E-state index in [1.165, 1.54) is 0 Å². The van der Waals surface area contributed by atoms with Gasteiger partial charge in [-0.1, -0.05) is 0 Å². The summed E-state index contributed by atoms with van der Waals surface area (Å²) in [5, 5.41) is 11.3. The highest BCUT2D eigenvalue weighted by Crippen LogP contribution is 2.21. The second kappa shape index (κ2) is 2.56. The van der Waals surface area contributed by atoms with Crippen LogP contribution in [-0.4, -0.2) is 30.5 Å². The molecule has 1 atom stereocenters. The lowest BCUT2D eigenvalue weighted by Crippen LogP contribution is -2.49. The fourth-order valence-corrected chi connectivity index (χ4v) is 1.11. The van der Waals surface area contributed by atoms with Crippen molar-refractivity contribution in [3.8, 4) is 0 Å². The zero-order valence-corrected chi connectivity index (χ0v) is 5.89. The predicted octanol–water partition coefficient (Wildman–Crippen LogP) is -0.203. The van der Waals surface area contributed by atoms with Crippen molar-refractivity contribution in [2.24, 2.45) is 0 Å². The third-order valence-electron chi connectivity index (χ3n) is 1.77. The largest absolute Gasteiger partial charge is 0.478 e. The average molecular weight is 145 g/mol. The fraction of sp³-hybridized carbons (Fsp3) is 0.833. The molecule has 0 spiro atoms. The summed E-state index contributed by atoms with van der Waals surface area (Å²) in [6.07, 6.45) is 1.37. The van der Waals surface area contributed by atoms with Gasteiger partial charge in [0.05, 0.1) is 0 Å². The normalized spacial score (nSPS) is 32.5. The number of carboxylic acids is 1. The molecule has 0 bridgehead atoms. The van der Waals surface area contributed by atoms with Crippen molar-refractivity contribution < 1.29 is 14.6 Å². The van der Waals surface area contributed by atoms with Gasteiger partial charge in [0, 0.05) is 13.0 Å². The molecule has 1 heterocycles. The molecule has 0 aromatic heterocycles. The van der Waals surface area contributed by atoms with E-state index in [9.17, 15) is 4.79 Å². The molecule has 1 rings (SSSR count). The Hall–Kier alpha value is -0.610. The first kappa shape index (κ1) is 7.50. The van der Waals surface area contributed by atoms with Crippen molar-refractivity contribution in [1.29, 1.82) is 0 Å². The summed E-state index contributed by atoms with van der Waals surface area (Å²) < 4.78 is 5.04. The molecule has 1 saturated heterocycles. The molecule has 0 amide bonds. The number of hydrogen-bond donors (Lipinski definition) is 2. The first-order chi connectivity index (χ1) is 4.71. The Morgan fingerprint density at radius 2 is 2.50 bits per heavy atom. The Bertz CT molecular complexity index is 140. The van der Waals surface area contributed by atoms with E-state index in [-0.39, 0.29) is 0 Å². The Morgan fingerprint density at radius 3 is 2.70 bits per heavy atom. The van der Waals surface area contributed by atoms with Gasteiger partial charge in [0.25, 0.3) is 0 Å². The molecule has 0 aromatic rings. The van der Waals surface area contributed by atoms with E-state index in [1.807, 2.05) is 0 Å². The van der Waals surface area contributed by atoms with Crippen molar-refractivity contribution in [3.63, 3.8) is 0 Å². The third kappa shape index (κ3) is 0.998. The van der Waals surface area contributed by atoms with Crippen molar-refractivity contribution >= 4 is 5.97 Å². The maximum atomic E-state index is 10.6. The molecule has 0 aliphatic carbocycles. The van der Waals surface area contributed by atoms with Gasteiger partial charge in [0.15, 0.2) is 0 Å². The first-order valence-electron chi connectivity index (χ1n) is 3.27. The van der Waals surface area contributed by atoms with Gasteiger partial charge < -0.3 is 9.84 Å². The average Bonchev–Trinajstić information content (AvgIpc) is 2.35. The number of nitrogens with one attached hydrogen (secondary N) is 1. The van der Waals surface area contributed by atoms with Crippen molar-refractivity contribution in [1.82, 2.24) is 5.32 Å². The van der Waals surface area contributed by atoms with Crippen LogP contribution in [0.2, 0.25) is 0 Å². The van der Waals surface area contributed by atoms with E-state index in [2.05, 4.69) is 5.32 Å². The Labute approximate surface area is 59.2 Å². The molecule has 4 heteroatoms. The molecule has 0 radical (unpaired) electrons. The highest BCUT2D eigenvalue weighted by atomic mass is 16.5. The number of likely N-dealkylation sites (N-methyl/N-ethyl adjacent to an activating group) is 1. The van der Waals surface area contributed by atoms with E-state index < -0.39 is 11.7 Å². The van der Waals surface area contributed by atoms with Gasteiger partial charge >= 0.3 is 5.97 Å². The van der Waals surface area contributed by atoms with Crippen LogP contribution in [0.3, 0.4) is 0 Å². The van der Waals surface area contributed by atoms with Crippen LogP contribution in [0, 0.1) is 0 Å². The molecule has 4 nitrogen and oxygen atoms in total. The molecule has 10 heavy (non-hydrogen) atoms. The molecule has 0 aromatic carbocycles. The SMILES string of the molecule is CNC1(C(=O)O)CCCO1. The van der Waals surface area contributed by atoms with Gasteiger partial charge in [-0.05, 0) is 13.5 Å². The molecule has 2 N–H and O–H groups in total. The van der Waals surface area contributed by atoms with Crippen LogP contribution in [-0.2, 0) is 9.53 Å². The lowest BCUT2D eigenvalue weighted by molar-refractivity contribution is -0.163. The Morgan fingerprint density at radius 1 is 1.80 bits per heavy atom. The van der Waals surface area contributed by atoms with Crippen LogP contribution in [0.1, 0.15) is 12.8 Å². The summed E-state index contributed by atoms with van der Waals surface area (Å²) in [7, 11) is 1.60. The molecule has 0 saturated carbocycles. The zero-order chi connectivity index (χ0) is 7.61. The third-order valence-corrected chi connectivity index (χ3v) is 1.77. The van der Waals surface area contributed by atoms with Crippen LogP contribution in [0.25, 0.3) is 0 Å². The molecule has 1 unspecified atom stereocenters. The summed E-state index contributed by atoms with van der Waals surface area (Å²) in [4.78, 5) is 10.6. The van der Waals surface area contributed by atoms with Gasteiger partial charge in [-0.2, -0.15) is 0 Å². The van der Waals surface area contributed by atoms with Gasteiger partial charge in [-0.15, -0.1) is 0 Å². The van der Waals surface area contributed by atoms with E-state index in [0.29, 0.717) is 13.0 Å². The second-order valence-electron chi connectivity index (χ2n) is 2.33. The van der Waals surface area contributed by atoms with Gasteiger partial charge in [0.1, 0.15) is 0 Å². The maximum absolute atomic E-state index is 10.6. The van der Waals surface area contributed by atoms with E-state index >= 15 is 0 Å². The quantitative estimate of drug-likeness (QED) is 0.564.